The van der Waals surface area contributed by atoms with E-state index in [0.717, 1.165) is 4.90 Å². The summed E-state index contributed by atoms with van der Waals surface area (Å²) in [6, 6.07) is 8.92. The minimum atomic E-state index is -1.41. The third-order valence-corrected chi connectivity index (χ3v) is 6.33. The number of hydrogen-bond donors (Lipinski definition) is 1. The van der Waals surface area contributed by atoms with Gasteiger partial charge in [0, 0.05) is 37.3 Å². The van der Waals surface area contributed by atoms with E-state index in [-0.39, 0.29) is 23.8 Å². The van der Waals surface area contributed by atoms with Gasteiger partial charge in [-0.2, -0.15) is 0 Å². The molecule has 0 aromatic heterocycles. The number of rotatable bonds is 5. The highest BCUT2D eigenvalue weighted by Gasteiger charge is 2.49. The molecule has 2 saturated heterocycles. The molecule has 2 fully saturated rings. The molecule has 1 atom stereocenters. The van der Waals surface area contributed by atoms with E-state index in [2.05, 4.69) is 5.32 Å². The van der Waals surface area contributed by atoms with Crippen LogP contribution in [0.3, 0.4) is 0 Å². The predicted octanol–water partition coefficient (Wildman–Crippen LogP) is 2.50. The van der Waals surface area contributed by atoms with Gasteiger partial charge in [-0.25, -0.2) is 9.18 Å². The fourth-order valence-corrected chi connectivity index (χ4v) is 4.33. The fraction of sp³-hybridized carbons (Fsp3) is 0.318. The predicted molar refractivity (Wildman–Crippen MR) is 121 cm³/mol. The van der Waals surface area contributed by atoms with Gasteiger partial charge in [0.25, 0.3) is 11.6 Å². The lowest BCUT2D eigenvalue weighted by molar-refractivity contribution is -0.384. The maximum atomic E-state index is 13.3. The molecule has 0 aliphatic carbocycles. The van der Waals surface area contributed by atoms with Crippen molar-refractivity contribution in [1.29, 1.82) is 0 Å². The summed E-state index contributed by atoms with van der Waals surface area (Å²) >= 11 is 5.88. The van der Waals surface area contributed by atoms with Gasteiger partial charge in [-0.3, -0.25) is 24.6 Å². The number of carbonyl (C=O) groups excluding carboxylic acids is 3. The van der Waals surface area contributed by atoms with Crippen LogP contribution < -0.4 is 10.2 Å². The van der Waals surface area contributed by atoms with E-state index < -0.39 is 40.7 Å². The number of anilines is 1. The Hall–Kier alpha value is -3.73. The van der Waals surface area contributed by atoms with Crippen LogP contribution in [0.25, 0.3) is 0 Å². The van der Waals surface area contributed by atoms with E-state index in [1.54, 1.807) is 17.0 Å². The number of amides is 4. The monoisotopic (exact) mass is 489 g/mol. The quantitative estimate of drug-likeness (QED) is 0.392. The first kappa shape index (κ1) is 23.4. The highest BCUT2D eigenvalue weighted by molar-refractivity contribution is 6.30. The van der Waals surface area contributed by atoms with Crippen molar-refractivity contribution < 1.29 is 23.7 Å². The molecule has 0 radical (unpaired) electrons. The number of hydrogen-bond acceptors (Lipinski definition) is 6. The van der Waals surface area contributed by atoms with Gasteiger partial charge in [0.2, 0.25) is 5.91 Å². The highest BCUT2D eigenvalue weighted by Crippen LogP contribution is 2.32. The Labute approximate surface area is 199 Å². The molecule has 178 valence electrons. The first-order valence-electron chi connectivity index (χ1n) is 10.5. The summed E-state index contributed by atoms with van der Waals surface area (Å²) < 4.78 is 13.3. The number of nitro groups is 1. The summed E-state index contributed by atoms with van der Waals surface area (Å²) in [7, 11) is 0. The minimum absolute atomic E-state index is 0.119. The van der Waals surface area contributed by atoms with Crippen molar-refractivity contribution in [3.05, 3.63) is 69.0 Å². The first-order valence-corrected chi connectivity index (χ1v) is 10.8. The third kappa shape index (κ3) is 4.26. The van der Waals surface area contributed by atoms with Crippen molar-refractivity contribution in [3.63, 3.8) is 0 Å². The third-order valence-electron chi connectivity index (χ3n) is 6.10. The van der Waals surface area contributed by atoms with Crippen molar-refractivity contribution in [2.24, 2.45) is 0 Å². The Morgan fingerprint density at radius 2 is 1.79 bits per heavy atom. The highest BCUT2D eigenvalue weighted by atomic mass is 35.5. The van der Waals surface area contributed by atoms with Crippen LogP contribution in [0.5, 0.6) is 0 Å². The normalized spacial score (nSPS) is 20.5. The molecule has 0 spiro atoms. The Morgan fingerprint density at radius 1 is 1.15 bits per heavy atom. The number of urea groups is 1. The molecule has 2 aromatic carbocycles. The Morgan fingerprint density at radius 3 is 2.41 bits per heavy atom. The lowest BCUT2D eigenvalue weighted by atomic mass is 9.92. The van der Waals surface area contributed by atoms with E-state index in [9.17, 15) is 28.9 Å². The van der Waals surface area contributed by atoms with Crippen LogP contribution >= 0.6 is 11.6 Å². The molecule has 34 heavy (non-hydrogen) atoms. The molecule has 0 saturated carbocycles. The molecule has 4 amide bonds. The lowest BCUT2D eigenvalue weighted by Gasteiger charge is -2.36. The zero-order valence-corrected chi connectivity index (χ0v) is 18.9. The van der Waals surface area contributed by atoms with Crippen molar-refractivity contribution >= 4 is 40.8 Å². The largest absolute Gasteiger partial charge is 0.362 e. The molecule has 1 N–H and O–H groups in total. The van der Waals surface area contributed by atoms with Crippen LogP contribution in [-0.2, 0) is 15.1 Å². The van der Waals surface area contributed by atoms with Crippen molar-refractivity contribution in [1.82, 2.24) is 15.1 Å². The smallest absolute Gasteiger partial charge is 0.325 e. The standard InChI is InChI=1S/C22H21ClFN5O5/c1-22(14-2-5-16(24)6-3-14)20(31)28(21(32)25-22)13-19(30)27-10-8-26(9-11-27)17-7-4-15(23)12-18(17)29(33)34/h2-7,12H,8-11,13H2,1H3,(H,25,32). The van der Waals surface area contributed by atoms with Crippen LogP contribution in [0.15, 0.2) is 42.5 Å². The van der Waals surface area contributed by atoms with Crippen LogP contribution in [-0.4, -0.2) is 65.3 Å². The summed E-state index contributed by atoms with van der Waals surface area (Å²) in [6.45, 7) is 2.25. The lowest BCUT2D eigenvalue weighted by Crippen LogP contribution is -2.52. The molecule has 12 heteroatoms. The summed E-state index contributed by atoms with van der Waals surface area (Å²) in [5, 5.41) is 14.2. The number of nitro benzene ring substituents is 1. The van der Waals surface area contributed by atoms with Crippen LogP contribution in [0, 0.1) is 15.9 Å². The fourth-order valence-electron chi connectivity index (χ4n) is 4.16. The van der Waals surface area contributed by atoms with Gasteiger partial charge >= 0.3 is 6.03 Å². The number of nitrogens with one attached hydrogen (secondary N) is 1. The van der Waals surface area contributed by atoms with Crippen molar-refractivity contribution in [2.75, 3.05) is 37.6 Å². The molecule has 2 heterocycles. The molecule has 2 aromatic rings. The molecule has 2 aliphatic heterocycles. The van der Waals surface area contributed by atoms with Gasteiger partial charge in [0.15, 0.2) is 0 Å². The topological polar surface area (TPSA) is 116 Å². The number of nitrogens with zero attached hydrogens (tertiary/aromatic N) is 4. The SMILES string of the molecule is CC1(c2ccc(F)cc2)NC(=O)N(CC(=O)N2CCN(c3ccc(Cl)cc3[N+](=O)[O-])CC2)C1=O. The number of imide groups is 1. The summed E-state index contributed by atoms with van der Waals surface area (Å²) in [6.07, 6.45) is 0. The maximum Gasteiger partial charge on any atom is 0.325 e. The average molecular weight is 490 g/mol. The molecule has 10 nitrogen and oxygen atoms in total. The van der Waals surface area contributed by atoms with Crippen LogP contribution in [0.1, 0.15) is 12.5 Å². The number of carbonyl (C=O) groups is 3. The Balaban J connectivity index is 1.41. The molecular weight excluding hydrogens is 469 g/mol. The van der Waals surface area contributed by atoms with Gasteiger partial charge in [0.05, 0.1) is 4.92 Å². The van der Waals surface area contributed by atoms with Crippen molar-refractivity contribution in [3.8, 4) is 0 Å². The van der Waals surface area contributed by atoms with E-state index in [0.29, 0.717) is 24.3 Å². The zero-order valence-electron chi connectivity index (χ0n) is 18.2. The molecule has 1 unspecified atom stereocenters. The van der Waals surface area contributed by atoms with E-state index in [1.165, 1.54) is 42.2 Å². The maximum absolute atomic E-state index is 13.3. The van der Waals surface area contributed by atoms with Gasteiger partial charge in [-0.15, -0.1) is 0 Å². The molecule has 4 rings (SSSR count). The van der Waals surface area contributed by atoms with Gasteiger partial charge in [0.1, 0.15) is 23.6 Å². The first-order chi connectivity index (χ1) is 16.1. The number of piperazine rings is 1. The second kappa shape index (κ2) is 8.90. The second-order valence-electron chi connectivity index (χ2n) is 8.21. The van der Waals surface area contributed by atoms with Crippen molar-refractivity contribution in [2.45, 2.75) is 12.5 Å². The molecule has 2 aliphatic rings. The average Bonchev–Trinajstić information content (AvgIpc) is 3.03. The number of benzene rings is 2. The Kier molecular flexibility index (Phi) is 6.13. The van der Waals surface area contributed by atoms with E-state index in [1.807, 2.05) is 0 Å². The van der Waals surface area contributed by atoms with E-state index >= 15 is 0 Å². The minimum Gasteiger partial charge on any atom is -0.362 e. The van der Waals surface area contributed by atoms with E-state index in [4.69, 9.17) is 11.6 Å². The summed E-state index contributed by atoms with van der Waals surface area (Å²) in [5.41, 5.74) is -0.713. The van der Waals surface area contributed by atoms with Gasteiger partial charge < -0.3 is 15.1 Å². The number of halogens is 2. The molecule has 0 bridgehead atoms. The second-order valence-corrected chi connectivity index (χ2v) is 8.65. The van der Waals surface area contributed by atoms with Gasteiger partial charge in [-0.05, 0) is 36.8 Å². The van der Waals surface area contributed by atoms with Gasteiger partial charge in [-0.1, -0.05) is 23.7 Å². The summed E-state index contributed by atoms with van der Waals surface area (Å²) in [4.78, 5) is 53.4. The van der Waals surface area contributed by atoms with Crippen LogP contribution in [0.4, 0.5) is 20.6 Å². The zero-order chi connectivity index (χ0) is 24.6. The molecular formula is C22H21ClFN5O5. The van der Waals surface area contributed by atoms with Crippen LogP contribution in [0.2, 0.25) is 5.02 Å². The Bertz CT molecular complexity index is 1170. The summed E-state index contributed by atoms with van der Waals surface area (Å²) in [5.74, 6) is -1.50.